The Morgan fingerprint density at radius 2 is 1.91 bits per heavy atom. The number of carbonyl (C=O) groups is 1. The van der Waals surface area contributed by atoms with Crippen molar-refractivity contribution in [3.63, 3.8) is 0 Å². The number of hydrogen-bond donors (Lipinski definition) is 1. The molecule has 0 aliphatic rings. The Labute approximate surface area is 212 Å². The number of halogens is 1. The molecule has 0 saturated carbocycles. The smallest absolute Gasteiger partial charge is 0.267 e. The van der Waals surface area contributed by atoms with E-state index in [1.54, 1.807) is 12.1 Å². The summed E-state index contributed by atoms with van der Waals surface area (Å²) in [7, 11) is 0. The van der Waals surface area contributed by atoms with Crippen molar-refractivity contribution in [1.29, 1.82) is 5.26 Å². The maximum Gasteiger partial charge on any atom is 0.267 e. The highest BCUT2D eigenvalue weighted by atomic mass is 35.5. The van der Waals surface area contributed by atoms with Crippen LogP contribution in [0, 0.1) is 18.3 Å². The molecule has 1 amide bonds. The summed E-state index contributed by atoms with van der Waals surface area (Å²) in [5.41, 5.74) is 3.44. The molecule has 0 unspecified atom stereocenters. The van der Waals surface area contributed by atoms with Crippen LogP contribution in [0.3, 0.4) is 0 Å². The van der Waals surface area contributed by atoms with Gasteiger partial charge in [0, 0.05) is 16.2 Å². The van der Waals surface area contributed by atoms with Crippen LogP contribution in [0.4, 0.5) is 5.13 Å². The van der Waals surface area contributed by atoms with Gasteiger partial charge in [-0.1, -0.05) is 46.8 Å². The summed E-state index contributed by atoms with van der Waals surface area (Å²) in [6.45, 7) is 1.92. The number of thiophene rings is 1. The average molecular weight is 523 g/mol. The number of aryl methyl sites for hydroxylation is 1. The maximum atomic E-state index is 12.9. The fourth-order valence-corrected chi connectivity index (χ4v) is 6.12. The molecular weight excluding hydrogens is 508 g/mol. The van der Waals surface area contributed by atoms with E-state index >= 15 is 0 Å². The molecule has 0 atom stereocenters. The van der Waals surface area contributed by atoms with Crippen molar-refractivity contribution >= 4 is 67.3 Å². The maximum absolute atomic E-state index is 12.9. The molecule has 7 nitrogen and oxygen atoms in total. The SMILES string of the molecule is Cc1nn(-c2ccc(Cl)cc2)c2sc(C(=O)Nc3nnc(SCc4ccc(C#N)cc4)s3)cc12. The molecule has 0 aliphatic carbocycles. The van der Waals surface area contributed by atoms with Crippen LogP contribution in [0.5, 0.6) is 0 Å². The number of nitriles is 1. The van der Waals surface area contributed by atoms with E-state index in [0.29, 0.717) is 26.3 Å². The van der Waals surface area contributed by atoms with Gasteiger partial charge in [-0.2, -0.15) is 10.4 Å². The Morgan fingerprint density at radius 3 is 2.65 bits per heavy atom. The molecule has 168 valence electrons. The topological polar surface area (TPSA) is 96.5 Å². The van der Waals surface area contributed by atoms with E-state index in [9.17, 15) is 4.79 Å². The standard InChI is InChI=1S/C23H15ClN6OS3/c1-13-18-10-19(33-21(18)30(29-13)17-8-6-16(24)7-9-17)20(31)26-22-27-28-23(34-22)32-12-15-4-2-14(11-25)3-5-15/h2-10H,12H2,1H3,(H,26,27,31). The predicted molar refractivity (Wildman–Crippen MR) is 137 cm³/mol. The second-order valence-corrected chi connectivity index (χ2v) is 10.9. The lowest BCUT2D eigenvalue weighted by Crippen LogP contribution is -2.09. The first-order valence-corrected chi connectivity index (χ1v) is 13.0. The molecule has 0 radical (unpaired) electrons. The third-order valence-electron chi connectivity index (χ3n) is 4.91. The second-order valence-electron chi connectivity index (χ2n) is 7.23. The van der Waals surface area contributed by atoms with Crippen molar-refractivity contribution in [2.45, 2.75) is 17.0 Å². The zero-order valence-electron chi connectivity index (χ0n) is 17.7. The second kappa shape index (κ2) is 9.56. The number of fused-ring (bicyclic) bond motifs is 1. The van der Waals surface area contributed by atoms with Gasteiger partial charge in [0.15, 0.2) is 4.34 Å². The first kappa shape index (κ1) is 22.6. The Morgan fingerprint density at radius 1 is 1.15 bits per heavy atom. The van der Waals surface area contributed by atoms with Crippen LogP contribution in [0.1, 0.15) is 26.5 Å². The monoisotopic (exact) mass is 522 g/mol. The van der Waals surface area contributed by atoms with Gasteiger partial charge in [0.25, 0.3) is 5.91 Å². The molecule has 0 saturated heterocycles. The fraction of sp³-hybridized carbons (Fsp3) is 0.0870. The minimum absolute atomic E-state index is 0.233. The zero-order valence-corrected chi connectivity index (χ0v) is 20.9. The van der Waals surface area contributed by atoms with Gasteiger partial charge in [0.1, 0.15) is 4.83 Å². The number of hydrogen-bond acceptors (Lipinski definition) is 8. The van der Waals surface area contributed by atoms with E-state index in [2.05, 4.69) is 26.7 Å². The number of aromatic nitrogens is 4. The molecule has 5 rings (SSSR count). The van der Waals surface area contributed by atoms with E-state index < -0.39 is 0 Å². The normalized spacial score (nSPS) is 11.0. The number of nitrogens with zero attached hydrogens (tertiary/aromatic N) is 5. The molecule has 2 aromatic carbocycles. The summed E-state index contributed by atoms with van der Waals surface area (Å²) in [5.74, 6) is 0.466. The number of nitrogens with one attached hydrogen (secondary N) is 1. The number of amides is 1. The van der Waals surface area contributed by atoms with Crippen LogP contribution in [-0.2, 0) is 5.75 Å². The Balaban J connectivity index is 1.28. The highest BCUT2D eigenvalue weighted by Crippen LogP contribution is 2.32. The first-order chi connectivity index (χ1) is 16.5. The third kappa shape index (κ3) is 4.69. The van der Waals surface area contributed by atoms with E-state index in [1.807, 2.05) is 54.1 Å². The molecule has 11 heteroatoms. The zero-order chi connectivity index (χ0) is 23.7. The van der Waals surface area contributed by atoms with Gasteiger partial charge in [0.2, 0.25) is 5.13 Å². The predicted octanol–water partition coefficient (Wildman–Crippen LogP) is 6.32. The lowest BCUT2D eigenvalue weighted by Gasteiger charge is -2.02. The number of thioether (sulfide) groups is 1. The number of benzene rings is 2. The van der Waals surface area contributed by atoms with Gasteiger partial charge < -0.3 is 0 Å². The third-order valence-corrected chi connectivity index (χ3v) is 8.32. The Bertz CT molecular complexity index is 1530. The molecule has 5 aromatic rings. The largest absolute Gasteiger partial charge is 0.296 e. The van der Waals surface area contributed by atoms with Crippen LogP contribution in [0.2, 0.25) is 5.02 Å². The number of carbonyl (C=O) groups excluding carboxylic acids is 1. The molecule has 0 fully saturated rings. The molecule has 34 heavy (non-hydrogen) atoms. The van der Waals surface area contributed by atoms with E-state index in [-0.39, 0.29) is 5.91 Å². The highest BCUT2D eigenvalue weighted by Gasteiger charge is 2.18. The highest BCUT2D eigenvalue weighted by molar-refractivity contribution is 8.00. The van der Waals surface area contributed by atoms with Crippen LogP contribution in [0.15, 0.2) is 58.9 Å². The quantitative estimate of drug-likeness (QED) is 0.207. The molecule has 3 aromatic heterocycles. The van der Waals surface area contributed by atoms with Crippen molar-refractivity contribution in [3.05, 3.63) is 81.3 Å². The molecule has 0 aliphatic heterocycles. The average Bonchev–Trinajstić information content (AvgIpc) is 3.56. The van der Waals surface area contributed by atoms with E-state index in [4.69, 9.17) is 16.9 Å². The van der Waals surface area contributed by atoms with Crippen LogP contribution in [-0.4, -0.2) is 25.9 Å². The van der Waals surface area contributed by atoms with Crippen LogP contribution < -0.4 is 5.32 Å². The molecule has 0 bridgehead atoms. The van der Waals surface area contributed by atoms with E-state index in [0.717, 1.165) is 31.5 Å². The number of rotatable bonds is 6. The van der Waals surface area contributed by atoms with Gasteiger partial charge in [0.05, 0.1) is 27.9 Å². The summed E-state index contributed by atoms with van der Waals surface area (Å²) in [6.07, 6.45) is 0. The lowest BCUT2D eigenvalue weighted by molar-refractivity contribution is 0.103. The van der Waals surface area contributed by atoms with Crippen LogP contribution >= 0.6 is 46.0 Å². The molecule has 0 spiro atoms. The van der Waals surface area contributed by atoms with Crippen molar-refractivity contribution in [2.75, 3.05) is 5.32 Å². The summed E-state index contributed by atoms with van der Waals surface area (Å²) in [6, 6.07) is 18.8. The van der Waals surface area contributed by atoms with Crippen molar-refractivity contribution < 1.29 is 4.79 Å². The first-order valence-electron chi connectivity index (χ1n) is 10.0. The Kier molecular flexibility index (Phi) is 6.34. The molecule has 1 N–H and O–H groups in total. The van der Waals surface area contributed by atoms with Crippen LogP contribution in [0.25, 0.3) is 15.9 Å². The van der Waals surface area contributed by atoms with Crippen molar-refractivity contribution in [2.24, 2.45) is 0 Å². The number of anilines is 1. The Hall–Kier alpha value is -3.23. The lowest BCUT2D eigenvalue weighted by atomic mass is 10.2. The van der Waals surface area contributed by atoms with Crippen molar-refractivity contribution in [3.8, 4) is 11.8 Å². The van der Waals surface area contributed by atoms with E-state index in [1.165, 1.54) is 34.4 Å². The summed E-state index contributed by atoms with van der Waals surface area (Å²) in [5, 5.41) is 26.6. The minimum Gasteiger partial charge on any atom is -0.296 e. The fourth-order valence-electron chi connectivity index (χ4n) is 3.21. The van der Waals surface area contributed by atoms with Gasteiger partial charge in [-0.15, -0.1) is 21.5 Å². The summed E-state index contributed by atoms with van der Waals surface area (Å²) in [4.78, 5) is 14.4. The summed E-state index contributed by atoms with van der Waals surface area (Å²) >= 11 is 10.2. The van der Waals surface area contributed by atoms with Gasteiger partial charge in [-0.3, -0.25) is 10.1 Å². The summed E-state index contributed by atoms with van der Waals surface area (Å²) < 4.78 is 2.58. The van der Waals surface area contributed by atoms with Gasteiger partial charge in [-0.05, 0) is 55.0 Å². The van der Waals surface area contributed by atoms with Crippen molar-refractivity contribution in [1.82, 2.24) is 20.0 Å². The molecule has 3 heterocycles. The minimum atomic E-state index is -0.233. The molecular formula is C23H15ClN6OS3. The van der Waals surface area contributed by atoms with Gasteiger partial charge >= 0.3 is 0 Å². The van der Waals surface area contributed by atoms with Gasteiger partial charge in [-0.25, -0.2) is 4.68 Å².